The molecule has 3 rings (SSSR count). The highest BCUT2D eigenvalue weighted by Crippen LogP contribution is 2.41. The molecule has 2 nitrogen and oxygen atoms in total. The van der Waals surface area contributed by atoms with Gasteiger partial charge in [-0.2, -0.15) is 13.2 Å². The predicted molar refractivity (Wildman–Crippen MR) is 70.8 cm³/mol. The van der Waals surface area contributed by atoms with Gasteiger partial charge < -0.3 is 5.32 Å². The van der Waals surface area contributed by atoms with Crippen LogP contribution in [0.2, 0.25) is 0 Å². The van der Waals surface area contributed by atoms with Gasteiger partial charge in [-0.25, -0.2) is 4.39 Å². The monoisotopic (exact) mass is 296 g/mol. The topological polar surface area (TPSA) is 24.9 Å². The van der Waals surface area contributed by atoms with Crippen molar-refractivity contribution in [2.24, 2.45) is 0 Å². The van der Waals surface area contributed by atoms with Gasteiger partial charge in [0.2, 0.25) is 0 Å². The molecule has 0 saturated carbocycles. The van der Waals surface area contributed by atoms with E-state index in [0.29, 0.717) is 12.2 Å². The van der Waals surface area contributed by atoms with Crippen molar-refractivity contribution in [3.8, 4) is 0 Å². The fourth-order valence-electron chi connectivity index (χ4n) is 2.61. The van der Waals surface area contributed by atoms with Crippen LogP contribution in [0.3, 0.4) is 0 Å². The maximum Gasteiger partial charge on any atom is 0.416 e. The van der Waals surface area contributed by atoms with Gasteiger partial charge in [-0.05, 0) is 18.1 Å². The number of rotatable bonds is 2. The number of fused-ring (bicyclic) bond motifs is 1. The zero-order valence-electron chi connectivity index (χ0n) is 10.9. The minimum atomic E-state index is -4.60. The third-order valence-electron chi connectivity index (χ3n) is 3.58. The lowest BCUT2D eigenvalue weighted by Crippen LogP contribution is -2.12. The van der Waals surface area contributed by atoms with E-state index in [9.17, 15) is 17.6 Å². The first kappa shape index (κ1) is 13.9. The van der Waals surface area contributed by atoms with E-state index in [1.165, 1.54) is 6.07 Å². The molecular formula is C15H12F4N2. The van der Waals surface area contributed by atoms with Crippen molar-refractivity contribution < 1.29 is 17.6 Å². The molecule has 1 aromatic heterocycles. The number of nitrogens with one attached hydrogen (secondary N) is 1. The molecule has 0 spiro atoms. The lowest BCUT2D eigenvalue weighted by molar-refractivity contribution is -0.138. The molecule has 2 heterocycles. The van der Waals surface area contributed by atoms with E-state index in [2.05, 4.69) is 10.3 Å². The summed E-state index contributed by atoms with van der Waals surface area (Å²) in [6, 6.07) is 5.82. The van der Waals surface area contributed by atoms with Crippen molar-refractivity contribution in [2.75, 3.05) is 11.9 Å². The van der Waals surface area contributed by atoms with Crippen LogP contribution in [0.25, 0.3) is 0 Å². The minimum Gasteiger partial charge on any atom is -0.384 e. The lowest BCUT2D eigenvalue weighted by atomic mass is 9.96. The summed E-state index contributed by atoms with van der Waals surface area (Å²) >= 11 is 0. The highest BCUT2D eigenvalue weighted by molar-refractivity contribution is 5.63. The Morgan fingerprint density at radius 1 is 1.14 bits per heavy atom. The molecule has 6 heteroatoms. The summed E-state index contributed by atoms with van der Waals surface area (Å²) in [5, 5.41) is 3.04. The van der Waals surface area contributed by atoms with E-state index in [0.717, 1.165) is 30.4 Å². The van der Waals surface area contributed by atoms with Crippen LogP contribution in [0.1, 0.15) is 28.4 Å². The Morgan fingerprint density at radius 3 is 2.71 bits per heavy atom. The lowest BCUT2D eigenvalue weighted by Gasteiger charge is -2.17. The Labute approximate surface area is 118 Å². The van der Waals surface area contributed by atoms with Crippen molar-refractivity contribution >= 4 is 5.69 Å². The molecule has 0 radical (unpaired) electrons. The average Bonchev–Trinajstić information content (AvgIpc) is 2.94. The molecular weight excluding hydrogens is 284 g/mol. The molecule has 1 aliphatic rings. The second kappa shape index (κ2) is 5.02. The van der Waals surface area contributed by atoms with Crippen molar-refractivity contribution in [1.82, 2.24) is 4.98 Å². The highest BCUT2D eigenvalue weighted by atomic mass is 19.4. The number of halogens is 4. The summed E-state index contributed by atoms with van der Waals surface area (Å²) in [5.74, 6) is 0. The molecule has 1 N–H and O–H groups in total. The number of aromatic nitrogens is 1. The van der Waals surface area contributed by atoms with E-state index < -0.39 is 23.5 Å². The maximum atomic E-state index is 14.7. The Hall–Kier alpha value is -2.11. The number of hydrogen-bond acceptors (Lipinski definition) is 2. The molecule has 21 heavy (non-hydrogen) atoms. The number of anilines is 1. The van der Waals surface area contributed by atoms with Crippen LogP contribution >= 0.6 is 0 Å². The van der Waals surface area contributed by atoms with Crippen molar-refractivity contribution in [3.05, 3.63) is 58.9 Å². The predicted octanol–water partition coefficient (Wildman–Crippen LogP) is 4.13. The summed E-state index contributed by atoms with van der Waals surface area (Å²) in [6.45, 7) is 0.665. The summed E-state index contributed by atoms with van der Waals surface area (Å²) in [5.41, 5.74) is 0.311. The normalized spacial score (nSPS) is 15.4. The first-order chi connectivity index (χ1) is 9.98. The molecule has 2 aromatic rings. The van der Waals surface area contributed by atoms with Crippen LogP contribution in [0, 0.1) is 0 Å². The van der Waals surface area contributed by atoms with Crippen LogP contribution in [0.4, 0.5) is 23.2 Å². The number of pyridine rings is 1. The molecule has 110 valence electrons. The zero-order chi connectivity index (χ0) is 15.0. The number of para-hydroxylation sites is 1. The zero-order valence-corrected chi connectivity index (χ0v) is 10.9. The van der Waals surface area contributed by atoms with Gasteiger partial charge in [0.25, 0.3) is 0 Å². The quantitative estimate of drug-likeness (QED) is 0.843. The Kier molecular flexibility index (Phi) is 3.31. The Bertz CT molecular complexity index is 667. The SMILES string of the molecule is FC(c1cnccc1C(F)(F)F)c1cccc2c1NCC2. The van der Waals surface area contributed by atoms with Crippen LogP contribution in [0.15, 0.2) is 36.7 Å². The van der Waals surface area contributed by atoms with Gasteiger partial charge in [-0.15, -0.1) is 0 Å². The summed E-state index contributed by atoms with van der Waals surface area (Å²) < 4.78 is 53.7. The van der Waals surface area contributed by atoms with Gasteiger partial charge in [0.05, 0.1) is 5.56 Å². The largest absolute Gasteiger partial charge is 0.416 e. The second-order valence-electron chi connectivity index (χ2n) is 4.88. The number of hydrogen-bond donors (Lipinski definition) is 1. The van der Waals surface area contributed by atoms with Crippen molar-refractivity contribution in [2.45, 2.75) is 18.8 Å². The summed E-state index contributed by atoms with van der Waals surface area (Å²) in [4.78, 5) is 3.64. The van der Waals surface area contributed by atoms with E-state index in [-0.39, 0.29) is 5.56 Å². The Balaban J connectivity index is 2.08. The van der Waals surface area contributed by atoms with Crippen LogP contribution < -0.4 is 5.32 Å². The average molecular weight is 296 g/mol. The number of nitrogens with zero attached hydrogens (tertiary/aromatic N) is 1. The molecule has 1 aromatic carbocycles. The van der Waals surface area contributed by atoms with Crippen LogP contribution in [-0.4, -0.2) is 11.5 Å². The highest BCUT2D eigenvalue weighted by Gasteiger charge is 2.36. The van der Waals surface area contributed by atoms with E-state index in [1.807, 2.05) is 6.07 Å². The first-order valence-corrected chi connectivity index (χ1v) is 6.49. The Morgan fingerprint density at radius 2 is 1.95 bits per heavy atom. The van der Waals surface area contributed by atoms with E-state index in [4.69, 9.17) is 0 Å². The molecule has 1 aliphatic heterocycles. The van der Waals surface area contributed by atoms with Crippen LogP contribution in [0.5, 0.6) is 0 Å². The molecule has 0 saturated heterocycles. The first-order valence-electron chi connectivity index (χ1n) is 6.49. The molecule has 1 unspecified atom stereocenters. The van der Waals surface area contributed by atoms with Gasteiger partial charge >= 0.3 is 6.18 Å². The molecule has 0 aliphatic carbocycles. The number of alkyl halides is 4. The molecule has 0 fully saturated rings. The van der Waals surface area contributed by atoms with E-state index in [1.54, 1.807) is 6.07 Å². The van der Waals surface area contributed by atoms with E-state index >= 15 is 0 Å². The third kappa shape index (κ3) is 2.46. The van der Waals surface area contributed by atoms with Crippen molar-refractivity contribution in [3.63, 3.8) is 0 Å². The number of benzene rings is 1. The third-order valence-corrected chi connectivity index (χ3v) is 3.58. The fourth-order valence-corrected chi connectivity index (χ4v) is 2.61. The van der Waals surface area contributed by atoms with Gasteiger partial charge in [-0.3, -0.25) is 4.98 Å². The maximum absolute atomic E-state index is 14.7. The fraction of sp³-hybridized carbons (Fsp3) is 0.267. The smallest absolute Gasteiger partial charge is 0.384 e. The van der Waals surface area contributed by atoms with Gasteiger partial charge in [0.1, 0.15) is 0 Å². The standard InChI is InChI=1S/C15H12F4N2/c16-13(10-3-1-2-9-4-7-21-14(9)10)11-8-20-6-5-12(11)15(17,18)19/h1-3,5-6,8,13,21H,4,7H2. The van der Waals surface area contributed by atoms with Crippen LogP contribution in [-0.2, 0) is 12.6 Å². The summed E-state index contributed by atoms with van der Waals surface area (Å²) in [6.07, 6.45) is -3.76. The van der Waals surface area contributed by atoms with Gasteiger partial charge in [0, 0.05) is 35.8 Å². The molecule has 1 atom stereocenters. The van der Waals surface area contributed by atoms with Gasteiger partial charge in [-0.1, -0.05) is 18.2 Å². The summed E-state index contributed by atoms with van der Waals surface area (Å²) in [7, 11) is 0. The molecule has 0 amide bonds. The minimum absolute atomic E-state index is 0.225. The van der Waals surface area contributed by atoms with Crippen molar-refractivity contribution in [1.29, 1.82) is 0 Å². The molecule has 0 bridgehead atoms. The second-order valence-corrected chi connectivity index (χ2v) is 4.88. The van der Waals surface area contributed by atoms with Gasteiger partial charge in [0.15, 0.2) is 6.17 Å².